The molecular weight excluding hydrogens is 583 g/mol. The third kappa shape index (κ3) is 8.39. The van der Waals surface area contributed by atoms with Crippen molar-refractivity contribution in [1.82, 2.24) is 15.0 Å². The molecule has 48 heavy (non-hydrogen) atoms. The van der Waals surface area contributed by atoms with Gasteiger partial charge in [-0.15, -0.1) is 0 Å². The van der Waals surface area contributed by atoms with Gasteiger partial charge in [-0.1, -0.05) is 140 Å². The molecule has 0 radical (unpaired) electrons. The van der Waals surface area contributed by atoms with E-state index in [-0.39, 0.29) is 0 Å². The largest absolute Gasteiger partial charge is 0.361 e. The first-order valence-corrected chi connectivity index (χ1v) is 17.6. The zero-order chi connectivity index (χ0) is 34.2. The molecule has 0 aliphatic heterocycles. The van der Waals surface area contributed by atoms with Gasteiger partial charge in [0.05, 0.1) is 0 Å². The van der Waals surface area contributed by atoms with E-state index in [1.807, 2.05) is 6.20 Å². The Morgan fingerprint density at radius 1 is 0.562 bits per heavy atom. The van der Waals surface area contributed by atoms with Crippen LogP contribution in [0.2, 0.25) is 0 Å². The highest BCUT2D eigenvalue weighted by molar-refractivity contribution is 5.84. The van der Waals surface area contributed by atoms with Crippen LogP contribution in [0.3, 0.4) is 0 Å². The van der Waals surface area contributed by atoms with E-state index in [1.165, 1.54) is 66.2 Å². The van der Waals surface area contributed by atoms with E-state index in [4.69, 9.17) is 0 Å². The Kier molecular flexibility index (Phi) is 11.4. The van der Waals surface area contributed by atoms with Gasteiger partial charge in [-0.2, -0.15) is 0 Å². The number of benzene rings is 4. The summed E-state index contributed by atoms with van der Waals surface area (Å²) in [5.74, 6) is 2.41. The number of allylic oxidation sites excluding steroid dienone is 1. The summed E-state index contributed by atoms with van der Waals surface area (Å²) >= 11 is 0. The number of nitrogens with one attached hydrogen (secondary N) is 3. The molecule has 3 heterocycles. The minimum Gasteiger partial charge on any atom is -0.361 e. The normalized spacial score (nSPS) is 11.9. The van der Waals surface area contributed by atoms with E-state index < -0.39 is 0 Å². The number of fused-ring (bicyclic) bond motifs is 4. The van der Waals surface area contributed by atoms with Crippen molar-refractivity contribution in [2.45, 2.75) is 85.5 Å². The Bertz CT molecular complexity index is 2030. The first-order valence-electron chi connectivity index (χ1n) is 17.6. The summed E-state index contributed by atoms with van der Waals surface area (Å²) in [4.78, 5) is 9.93. The van der Waals surface area contributed by atoms with Gasteiger partial charge in [-0.05, 0) is 92.9 Å². The highest BCUT2D eigenvalue weighted by Crippen LogP contribution is 2.26. The number of hydrogen-bond donors (Lipinski definition) is 3. The molecule has 1 aliphatic carbocycles. The summed E-state index contributed by atoms with van der Waals surface area (Å²) in [5, 5.41) is 3.97. The van der Waals surface area contributed by atoms with Crippen LogP contribution in [0.25, 0.3) is 38.8 Å². The molecule has 0 fully saturated rings. The molecule has 4 aromatic carbocycles. The molecule has 0 saturated carbocycles. The second kappa shape index (κ2) is 15.9. The van der Waals surface area contributed by atoms with Crippen molar-refractivity contribution in [2.75, 3.05) is 0 Å². The first kappa shape index (κ1) is 34.6. The second-order valence-electron chi connectivity index (χ2n) is 14.1. The molecule has 0 atom stereocenters. The minimum absolute atomic E-state index is 0.581. The van der Waals surface area contributed by atoms with E-state index in [9.17, 15) is 0 Å². The lowest BCUT2D eigenvalue weighted by Gasteiger charge is -2.07. The van der Waals surface area contributed by atoms with Crippen molar-refractivity contribution in [1.29, 1.82) is 0 Å². The number of para-hydroxylation sites is 3. The van der Waals surface area contributed by atoms with Crippen LogP contribution >= 0.6 is 0 Å². The van der Waals surface area contributed by atoms with Crippen molar-refractivity contribution in [3.63, 3.8) is 0 Å². The van der Waals surface area contributed by atoms with Gasteiger partial charge in [-0.3, -0.25) is 0 Å². The number of hydrogen-bond acceptors (Lipinski definition) is 0. The van der Waals surface area contributed by atoms with Gasteiger partial charge in [0.2, 0.25) is 0 Å². The monoisotopic (exact) mass is 635 g/mol. The van der Waals surface area contributed by atoms with Crippen molar-refractivity contribution in [3.05, 3.63) is 149 Å². The Labute approximate surface area is 287 Å². The molecule has 248 valence electrons. The van der Waals surface area contributed by atoms with E-state index >= 15 is 0 Å². The Morgan fingerprint density at radius 2 is 1.27 bits per heavy atom. The smallest absolute Gasteiger partial charge is 0.0489 e. The van der Waals surface area contributed by atoms with Gasteiger partial charge in [0, 0.05) is 40.0 Å². The number of H-pyrrole nitrogens is 3. The Morgan fingerprint density at radius 3 is 1.98 bits per heavy atom. The van der Waals surface area contributed by atoms with Crippen LogP contribution in [0, 0.1) is 0 Å². The predicted molar refractivity (Wildman–Crippen MR) is 210 cm³/mol. The van der Waals surface area contributed by atoms with Crippen molar-refractivity contribution in [2.24, 2.45) is 0 Å². The molecular formula is C45H53N3. The molecule has 3 N–H and O–H groups in total. The number of rotatable bonds is 4. The third-order valence-corrected chi connectivity index (χ3v) is 9.13. The van der Waals surface area contributed by atoms with Gasteiger partial charge in [0.1, 0.15) is 0 Å². The summed E-state index contributed by atoms with van der Waals surface area (Å²) in [6.45, 7) is 17.7. The molecule has 3 aromatic heterocycles. The van der Waals surface area contributed by atoms with Crippen LogP contribution in [0.1, 0.15) is 113 Å². The van der Waals surface area contributed by atoms with Gasteiger partial charge in [0.25, 0.3) is 0 Å². The quantitative estimate of drug-likeness (QED) is 0.172. The lowest BCUT2D eigenvalue weighted by Crippen LogP contribution is -1.89. The van der Waals surface area contributed by atoms with Gasteiger partial charge >= 0.3 is 0 Å². The highest BCUT2D eigenvalue weighted by atomic mass is 14.7. The van der Waals surface area contributed by atoms with Crippen LogP contribution in [0.15, 0.2) is 116 Å². The minimum atomic E-state index is 0.581. The fraction of sp³-hybridized carbons (Fsp3) is 0.289. The SMILES string of the molecule is CC(C)c1c[nH]c2ccccc12.CC(C)c1cc2ccccc2[nH]1.CC(C)c1ccc2c(c1)C=CC2.CC(C)c1cccc2cc[nH]c12. The summed E-state index contributed by atoms with van der Waals surface area (Å²) in [5.41, 5.74) is 12.2. The number of aromatic amines is 3. The van der Waals surface area contributed by atoms with Crippen LogP contribution < -0.4 is 0 Å². The fourth-order valence-electron chi connectivity index (χ4n) is 6.20. The molecule has 7 aromatic rings. The molecule has 8 rings (SSSR count). The molecule has 0 amide bonds. The Balaban J connectivity index is 0.000000125. The maximum Gasteiger partial charge on any atom is 0.0489 e. The molecule has 0 saturated heterocycles. The average Bonchev–Trinajstić information content (AvgIpc) is 3.90. The fourth-order valence-corrected chi connectivity index (χ4v) is 6.20. The average molecular weight is 636 g/mol. The van der Waals surface area contributed by atoms with E-state index in [2.05, 4.69) is 186 Å². The standard InChI is InChI=1S/C12H14.3C11H13N/c1-9(2)11-7-6-10-4-3-5-12(10)8-11;1-8(2)10-5-3-4-9-6-7-12-11(9)10;1-8(2)10-7-12-11-6-4-3-5-9(10)11;1-8(2)11-7-9-5-3-4-6-10(9)12-11/h3,5-9H,4H2,1-2H3;3*3-8,12H,1-2H3. The third-order valence-electron chi connectivity index (χ3n) is 9.13. The zero-order valence-corrected chi connectivity index (χ0v) is 30.1. The maximum atomic E-state index is 3.40. The molecule has 0 unspecified atom stereocenters. The Hall–Kier alpha value is -4.76. The van der Waals surface area contributed by atoms with Crippen molar-refractivity contribution >= 4 is 38.8 Å². The van der Waals surface area contributed by atoms with Crippen LogP contribution in [-0.2, 0) is 6.42 Å². The van der Waals surface area contributed by atoms with E-state index in [0.29, 0.717) is 23.7 Å². The molecule has 3 heteroatoms. The summed E-state index contributed by atoms with van der Waals surface area (Å²) in [6, 6.07) is 34.4. The predicted octanol–water partition coefficient (Wildman–Crippen LogP) is 13.3. The van der Waals surface area contributed by atoms with Gasteiger partial charge in [0.15, 0.2) is 0 Å². The molecule has 1 aliphatic rings. The highest BCUT2D eigenvalue weighted by Gasteiger charge is 2.08. The lowest BCUT2D eigenvalue weighted by atomic mass is 9.99. The van der Waals surface area contributed by atoms with E-state index in [1.54, 1.807) is 0 Å². The molecule has 0 spiro atoms. The van der Waals surface area contributed by atoms with E-state index in [0.717, 1.165) is 6.42 Å². The topological polar surface area (TPSA) is 47.4 Å². The summed E-state index contributed by atoms with van der Waals surface area (Å²) in [7, 11) is 0. The van der Waals surface area contributed by atoms with Crippen LogP contribution in [0.4, 0.5) is 0 Å². The summed E-state index contributed by atoms with van der Waals surface area (Å²) < 4.78 is 0. The number of aromatic nitrogens is 3. The van der Waals surface area contributed by atoms with Crippen LogP contribution in [0.5, 0.6) is 0 Å². The second-order valence-corrected chi connectivity index (χ2v) is 14.1. The van der Waals surface area contributed by atoms with Crippen molar-refractivity contribution in [3.8, 4) is 0 Å². The maximum absolute atomic E-state index is 3.40. The first-order chi connectivity index (χ1) is 23.1. The molecule has 3 nitrogen and oxygen atoms in total. The van der Waals surface area contributed by atoms with Gasteiger partial charge < -0.3 is 15.0 Å². The lowest BCUT2D eigenvalue weighted by molar-refractivity contribution is 0.836. The molecule has 0 bridgehead atoms. The van der Waals surface area contributed by atoms with Gasteiger partial charge in [-0.25, -0.2) is 0 Å². The van der Waals surface area contributed by atoms with Crippen LogP contribution in [-0.4, -0.2) is 15.0 Å². The van der Waals surface area contributed by atoms with Crippen molar-refractivity contribution < 1.29 is 0 Å². The zero-order valence-electron chi connectivity index (χ0n) is 30.1. The summed E-state index contributed by atoms with van der Waals surface area (Å²) in [6.07, 6.45) is 9.68.